The number of aromatic nitrogens is 1. The monoisotopic (exact) mass is 166 g/mol. The molecule has 0 saturated carbocycles. The fraction of sp³-hybridized carbons (Fsp3) is 0.444. The fourth-order valence-electron chi connectivity index (χ4n) is 1.14. The van der Waals surface area contributed by atoms with Crippen molar-refractivity contribution in [2.45, 2.75) is 12.8 Å². The zero-order valence-corrected chi connectivity index (χ0v) is 7.20. The van der Waals surface area contributed by atoms with Crippen LogP contribution in [-0.4, -0.2) is 23.2 Å². The first-order chi connectivity index (χ1) is 5.77. The first-order valence-electron chi connectivity index (χ1n) is 4.01. The summed E-state index contributed by atoms with van der Waals surface area (Å²) in [5, 5.41) is 8.97. The molecule has 1 aromatic rings. The van der Waals surface area contributed by atoms with Crippen LogP contribution in [0.5, 0.6) is 0 Å². The average molecular weight is 166 g/mol. The lowest BCUT2D eigenvalue weighted by Crippen LogP contribution is -2.16. The van der Waals surface area contributed by atoms with Crippen LogP contribution < -0.4 is 5.73 Å². The summed E-state index contributed by atoms with van der Waals surface area (Å²) in [6.07, 6.45) is 1.74. The number of aliphatic hydroxyl groups is 1. The lowest BCUT2D eigenvalue weighted by Gasteiger charge is -2.11. The van der Waals surface area contributed by atoms with E-state index < -0.39 is 0 Å². The molecule has 0 spiro atoms. The first-order valence-corrected chi connectivity index (χ1v) is 4.01. The summed E-state index contributed by atoms with van der Waals surface area (Å²) in [5.74, 6) is 0.0479. The van der Waals surface area contributed by atoms with Gasteiger partial charge in [-0.15, -0.1) is 0 Å². The highest BCUT2D eigenvalue weighted by atomic mass is 16.3. The maximum atomic E-state index is 8.97. The third kappa shape index (κ3) is 2.03. The van der Waals surface area contributed by atoms with E-state index in [1.54, 1.807) is 6.20 Å². The normalized spacial score (nSPS) is 12.9. The van der Waals surface area contributed by atoms with E-state index in [4.69, 9.17) is 10.8 Å². The van der Waals surface area contributed by atoms with Gasteiger partial charge in [-0.1, -0.05) is 0 Å². The Labute approximate surface area is 72.2 Å². The Morgan fingerprint density at radius 3 is 2.92 bits per heavy atom. The molecule has 0 aliphatic heterocycles. The quantitative estimate of drug-likeness (QED) is 0.684. The van der Waals surface area contributed by atoms with Crippen LogP contribution in [0.3, 0.4) is 0 Å². The number of nitrogens with two attached hydrogens (primary N) is 1. The molecule has 0 bridgehead atoms. The van der Waals surface area contributed by atoms with Crippen molar-refractivity contribution in [3.63, 3.8) is 0 Å². The zero-order chi connectivity index (χ0) is 8.97. The van der Waals surface area contributed by atoms with E-state index in [1.807, 2.05) is 19.1 Å². The predicted molar refractivity (Wildman–Crippen MR) is 47.9 cm³/mol. The van der Waals surface area contributed by atoms with Crippen molar-refractivity contribution in [2.24, 2.45) is 5.73 Å². The largest absolute Gasteiger partial charge is 0.396 e. The molecule has 1 heterocycles. The molecular weight excluding hydrogens is 152 g/mol. The number of aryl methyl sites for hydroxylation is 1. The van der Waals surface area contributed by atoms with Gasteiger partial charge in [0.15, 0.2) is 0 Å². The lowest BCUT2D eigenvalue weighted by molar-refractivity contribution is 0.268. The van der Waals surface area contributed by atoms with Crippen LogP contribution in [0.1, 0.15) is 17.2 Å². The molecule has 0 fully saturated rings. The van der Waals surface area contributed by atoms with Crippen molar-refractivity contribution in [1.29, 1.82) is 0 Å². The number of aliphatic hydroxyl groups excluding tert-OH is 1. The Morgan fingerprint density at radius 1 is 1.67 bits per heavy atom. The van der Waals surface area contributed by atoms with Crippen LogP contribution in [0.25, 0.3) is 0 Å². The maximum absolute atomic E-state index is 8.97. The van der Waals surface area contributed by atoms with Gasteiger partial charge in [0.1, 0.15) is 0 Å². The SMILES string of the molecule is Cc1cc(C(CN)CO)ccn1. The van der Waals surface area contributed by atoms with Crippen molar-refractivity contribution >= 4 is 0 Å². The van der Waals surface area contributed by atoms with Gasteiger partial charge in [-0.05, 0) is 24.6 Å². The summed E-state index contributed by atoms with van der Waals surface area (Å²) in [4.78, 5) is 4.07. The van der Waals surface area contributed by atoms with Crippen LogP contribution >= 0.6 is 0 Å². The number of rotatable bonds is 3. The van der Waals surface area contributed by atoms with Crippen molar-refractivity contribution < 1.29 is 5.11 Å². The van der Waals surface area contributed by atoms with E-state index in [2.05, 4.69) is 4.98 Å². The summed E-state index contributed by atoms with van der Waals surface area (Å²) < 4.78 is 0. The van der Waals surface area contributed by atoms with E-state index in [9.17, 15) is 0 Å². The third-order valence-corrected chi connectivity index (χ3v) is 1.90. The highest BCUT2D eigenvalue weighted by Crippen LogP contribution is 2.13. The average Bonchev–Trinajstić information content (AvgIpc) is 2.07. The molecular formula is C9H14N2O. The van der Waals surface area contributed by atoms with Crippen LogP contribution in [-0.2, 0) is 0 Å². The predicted octanol–water partition coefficient (Wildman–Crippen LogP) is 0.425. The molecule has 1 rings (SSSR count). The van der Waals surface area contributed by atoms with Gasteiger partial charge in [0.2, 0.25) is 0 Å². The van der Waals surface area contributed by atoms with E-state index in [0.717, 1.165) is 11.3 Å². The number of nitrogens with zero attached hydrogens (tertiary/aromatic N) is 1. The van der Waals surface area contributed by atoms with Gasteiger partial charge in [0.25, 0.3) is 0 Å². The van der Waals surface area contributed by atoms with Crippen molar-refractivity contribution in [1.82, 2.24) is 4.98 Å². The molecule has 3 N–H and O–H groups in total. The van der Waals surface area contributed by atoms with E-state index in [0.29, 0.717) is 6.54 Å². The van der Waals surface area contributed by atoms with Gasteiger partial charge < -0.3 is 10.8 Å². The summed E-state index contributed by atoms with van der Waals surface area (Å²) in [5.41, 5.74) is 7.51. The second-order valence-electron chi connectivity index (χ2n) is 2.85. The van der Waals surface area contributed by atoms with Crippen molar-refractivity contribution in [2.75, 3.05) is 13.2 Å². The highest BCUT2D eigenvalue weighted by Gasteiger charge is 2.07. The topological polar surface area (TPSA) is 59.1 Å². The van der Waals surface area contributed by atoms with E-state index in [-0.39, 0.29) is 12.5 Å². The second-order valence-corrected chi connectivity index (χ2v) is 2.85. The molecule has 1 unspecified atom stereocenters. The molecule has 12 heavy (non-hydrogen) atoms. The number of pyridine rings is 1. The Balaban J connectivity index is 2.85. The van der Waals surface area contributed by atoms with Gasteiger partial charge in [0.05, 0.1) is 6.61 Å². The minimum absolute atomic E-state index is 0.0479. The zero-order valence-electron chi connectivity index (χ0n) is 7.20. The number of hydrogen-bond acceptors (Lipinski definition) is 3. The molecule has 3 nitrogen and oxygen atoms in total. The summed E-state index contributed by atoms with van der Waals surface area (Å²) in [7, 11) is 0. The maximum Gasteiger partial charge on any atom is 0.0511 e. The standard InChI is InChI=1S/C9H14N2O/c1-7-4-8(2-3-11-7)9(5-10)6-12/h2-4,9,12H,5-6,10H2,1H3. The molecule has 66 valence electrons. The molecule has 1 aromatic heterocycles. The van der Waals surface area contributed by atoms with Crippen molar-refractivity contribution in [3.8, 4) is 0 Å². The summed E-state index contributed by atoms with van der Waals surface area (Å²) in [6.45, 7) is 2.49. The molecule has 1 atom stereocenters. The Kier molecular flexibility index (Phi) is 3.19. The summed E-state index contributed by atoms with van der Waals surface area (Å²) in [6, 6.07) is 3.84. The third-order valence-electron chi connectivity index (χ3n) is 1.90. The Morgan fingerprint density at radius 2 is 2.42 bits per heavy atom. The highest BCUT2D eigenvalue weighted by molar-refractivity contribution is 5.20. The molecule has 0 amide bonds. The first kappa shape index (κ1) is 9.16. The molecule has 3 heteroatoms. The van der Waals surface area contributed by atoms with Gasteiger partial charge >= 0.3 is 0 Å². The van der Waals surface area contributed by atoms with Crippen LogP contribution in [0.15, 0.2) is 18.3 Å². The minimum atomic E-state index is 0.0479. The van der Waals surface area contributed by atoms with Crippen LogP contribution in [0.4, 0.5) is 0 Å². The molecule has 0 aliphatic rings. The smallest absolute Gasteiger partial charge is 0.0511 e. The van der Waals surface area contributed by atoms with Gasteiger partial charge in [-0.2, -0.15) is 0 Å². The lowest BCUT2D eigenvalue weighted by atomic mass is 10.0. The molecule has 0 radical (unpaired) electrons. The van der Waals surface area contributed by atoms with Crippen LogP contribution in [0, 0.1) is 6.92 Å². The molecule has 0 aromatic carbocycles. The van der Waals surface area contributed by atoms with Crippen LogP contribution in [0.2, 0.25) is 0 Å². The molecule has 0 aliphatic carbocycles. The van der Waals surface area contributed by atoms with Gasteiger partial charge in [-0.25, -0.2) is 0 Å². The Hall–Kier alpha value is -0.930. The van der Waals surface area contributed by atoms with E-state index >= 15 is 0 Å². The minimum Gasteiger partial charge on any atom is -0.396 e. The Bertz CT molecular complexity index is 246. The second kappa shape index (κ2) is 4.18. The summed E-state index contributed by atoms with van der Waals surface area (Å²) >= 11 is 0. The van der Waals surface area contributed by atoms with Crippen molar-refractivity contribution in [3.05, 3.63) is 29.6 Å². The number of hydrogen-bond donors (Lipinski definition) is 2. The fourth-order valence-corrected chi connectivity index (χ4v) is 1.14. The van der Waals surface area contributed by atoms with Gasteiger partial charge in [-0.3, -0.25) is 4.98 Å². The van der Waals surface area contributed by atoms with E-state index in [1.165, 1.54) is 0 Å². The molecule has 0 saturated heterocycles. The van der Waals surface area contributed by atoms with Gasteiger partial charge in [0, 0.05) is 24.4 Å².